The molecule has 2 aromatic rings. The molecule has 0 unspecified atom stereocenters. The van der Waals surface area contributed by atoms with E-state index in [4.69, 9.17) is 22.1 Å². The number of aromatic nitrogens is 2. The van der Waals surface area contributed by atoms with Gasteiger partial charge in [-0.3, -0.25) is 0 Å². The number of ether oxygens (including phenoxy) is 1. The van der Waals surface area contributed by atoms with E-state index in [2.05, 4.69) is 5.10 Å². The third kappa shape index (κ3) is 2.43. The monoisotopic (exact) mass is 251 g/mol. The van der Waals surface area contributed by atoms with Crippen LogP contribution in [-0.2, 0) is 13.1 Å². The molecular formula is C12H14ClN3O. The lowest BCUT2D eigenvalue weighted by Crippen LogP contribution is -2.04. The van der Waals surface area contributed by atoms with Crippen LogP contribution in [0.4, 0.5) is 0 Å². The molecule has 1 heterocycles. The van der Waals surface area contributed by atoms with Gasteiger partial charge in [-0.1, -0.05) is 29.8 Å². The summed E-state index contributed by atoms with van der Waals surface area (Å²) in [7, 11) is 1.65. The average molecular weight is 252 g/mol. The van der Waals surface area contributed by atoms with Crippen molar-refractivity contribution in [1.29, 1.82) is 0 Å². The molecule has 5 heteroatoms. The molecule has 0 atom stereocenters. The number of hydrogen-bond acceptors (Lipinski definition) is 3. The van der Waals surface area contributed by atoms with Crippen molar-refractivity contribution >= 4 is 11.6 Å². The maximum Gasteiger partial charge on any atom is 0.131 e. The summed E-state index contributed by atoms with van der Waals surface area (Å²) in [5.41, 5.74) is 7.43. The molecule has 1 aromatic carbocycles. The highest BCUT2D eigenvalue weighted by Gasteiger charge is 2.09. The van der Waals surface area contributed by atoms with Gasteiger partial charge in [0.1, 0.15) is 10.9 Å². The molecule has 1 aromatic heterocycles. The Balaban J connectivity index is 2.28. The van der Waals surface area contributed by atoms with Crippen LogP contribution in [0, 0.1) is 0 Å². The van der Waals surface area contributed by atoms with E-state index < -0.39 is 0 Å². The number of nitrogens with zero attached hydrogens (tertiary/aromatic N) is 2. The van der Waals surface area contributed by atoms with E-state index in [9.17, 15) is 0 Å². The van der Waals surface area contributed by atoms with Crippen molar-refractivity contribution in [3.8, 4) is 5.75 Å². The van der Waals surface area contributed by atoms with E-state index in [1.165, 1.54) is 0 Å². The lowest BCUT2D eigenvalue weighted by molar-refractivity contribution is 0.407. The molecule has 0 aliphatic carbocycles. The minimum atomic E-state index is 0.394. The minimum Gasteiger partial charge on any atom is -0.496 e. The Bertz CT molecular complexity index is 510. The average Bonchev–Trinajstić information content (AvgIpc) is 2.71. The summed E-state index contributed by atoms with van der Waals surface area (Å²) in [4.78, 5) is 0. The molecule has 90 valence electrons. The van der Waals surface area contributed by atoms with Crippen molar-refractivity contribution in [2.45, 2.75) is 13.1 Å². The lowest BCUT2D eigenvalue weighted by Gasteiger charge is -2.09. The Hall–Kier alpha value is -1.52. The summed E-state index contributed by atoms with van der Waals surface area (Å²) in [5.74, 6) is 0.827. The first-order valence-electron chi connectivity index (χ1n) is 5.28. The maximum absolute atomic E-state index is 6.15. The molecule has 0 fully saturated rings. The predicted octanol–water partition coefficient (Wildman–Crippen LogP) is 2.05. The second-order valence-corrected chi connectivity index (χ2v) is 3.99. The molecule has 0 amide bonds. The quantitative estimate of drug-likeness (QED) is 0.905. The van der Waals surface area contributed by atoms with Gasteiger partial charge < -0.3 is 10.5 Å². The van der Waals surface area contributed by atoms with Gasteiger partial charge in [0, 0.05) is 17.7 Å². The first-order chi connectivity index (χ1) is 8.26. The van der Waals surface area contributed by atoms with Crippen LogP contribution < -0.4 is 10.5 Å². The van der Waals surface area contributed by atoms with Crippen LogP contribution in [0.15, 0.2) is 30.5 Å². The molecule has 4 nitrogen and oxygen atoms in total. The smallest absolute Gasteiger partial charge is 0.131 e. The molecule has 2 N–H and O–H groups in total. The standard InChI is InChI=1S/C12H14ClN3O/c1-17-11-5-3-2-4-9(11)8-16-12(13)10(6-14)7-15-16/h2-5,7H,6,8,14H2,1H3. The third-order valence-corrected chi connectivity index (χ3v) is 3.01. The van der Waals surface area contributed by atoms with Crippen LogP contribution in [0.1, 0.15) is 11.1 Å². The zero-order chi connectivity index (χ0) is 12.3. The van der Waals surface area contributed by atoms with Crippen molar-refractivity contribution in [1.82, 2.24) is 9.78 Å². The fourth-order valence-corrected chi connectivity index (χ4v) is 1.88. The second kappa shape index (κ2) is 5.21. The minimum absolute atomic E-state index is 0.394. The number of methoxy groups -OCH3 is 1. The van der Waals surface area contributed by atoms with Crippen LogP contribution in [0.5, 0.6) is 5.75 Å². The van der Waals surface area contributed by atoms with Crippen molar-refractivity contribution < 1.29 is 4.74 Å². The van der Waals surface area contributed by atoms with E-state index in [0.29, 0.717) is 18.2 Å². The topological polar surface area (TPSA) is 53.1 Å². The zero-order valence-corrected chi connectivity index (χ0v) is 10.3. The summed E-state index contributed by atoms with van der Waals surface area (Å²) < 4.78 is 6.99. The number of hydrogen-bond donors (Lipinski definition) is 1. The van der Waals surface area contributed by atoms with Crippen LogP contribution in [0.3, 0.4) is 0 Å². The van der Waals surface area contributed by atoms with Crippen molar-refractivity contribution in [2.24, 2.45) is 5.73 Å². The Morgan fingerprint density at radius 3 is 2.76 bits per heavy atom. The molecule has 0 radical (unpaired) electrons. The molecule has 0 bridgehead atoms. The molecule has 0 aliphatic rings. The van der Waals surface area contributed by atoms with Gasteiger partial charge in [0.05, 0.1) is 19.9 Å². The Morgan fingerprint density at radius 2 is 2.12 bits per heavy atom. The van der Waals surface area contributed by atoms with E-state index >= 15 is 0 Å². The van der Waals surface area contributed by atoms with Crippen molar-refractivity contribution in [3.05, 3.63) is 46.7 Å². The summed E-state index contributed by atoms with van der Waals surface area (Å²) in [6, 6.07) is 7.78. The fraction of sp³-hybridized carbons (Fsp3) is 0.250. The van der Waals surface area contributed by atoms with Gasteiger partial charge in [-0.2, -0.15) is 5.10 Å². The first-order valence-corrected chi connectivity index (χ1v) is 5.66. The fourth-order valence-electron chi connectivity index (χ4n) is 1.65. The molecule has 0 aliphatic heterocycles. The molecule has 0 saturated heterocycles. The second-order valence-electron chi connectivity index (χ2n) is 3.63. The van der Waals surface area contributed by atoms with Gasteiger partial charge in [-0.05, 0) is 6.07 Å². The molecule has 0 saturated carbocycles. The van der Waals surface area contributed by atoms with Gasteiger partial charge in [-0.25, -0.2) is 4.68 Å². The highest BCUT2D eigenvalue weighted by molar-refractivity contribution is 6.30. The number of para-hydroxylation sites is 1. The third-order valence-electron chi connectivity index (χ3n) is 2.58. The Kier molecular flexibility index (Phi) is 3.66. The van der Waals surface area contributed by atoms with E-state index in [1.54, 1.807) is 18.0 Å². The van der Waals surface area contributed by atoms with Crippen LogP contribution in [-0.4, -0.2) is 16.9 Å². The van der Waals surface area contributed by atoms with Gasteiger partial charge in [-0.15, -0.1) is 0 Å². The summed E-state index contributed by atoms with van der Waals surface area (Å²) >= 11 is 6.15. The SMILES string of the molecule is COc1ccccc1Cn1ncc(CN)c1Cl. The van der Waals surface area contributed by atoms with Gasteiger partial charge in [0.15, 0.2) is 0 Å². The van der Waals surface area contributed by atoms with Crippen molar-refractivity contribution in [3.63, 3.8) is 0 Å². The normalized spacial score (nSPS) is 10.5. The van der Waals surface area contributed by atoms with Crippen molar-refractivity contribution in [2.75, 3.05) is 7.11 Å². The zero-order valence-electron chi connectivity index (χ0n) is 9.56. The molecule has 17 heavy (non-hydrogen) atoms. The Labute approximate surface area is 105 Å². The summed E-state index contributed by atoms with van der Waals surface area (Å²) in [6.45, 7) is 0.966. The van der Waals surface area contributed by atoms with E-state index in [0.717, 1.165) is 16.9 Å². The molecular weight excluding hydrogens is 238 g/mol. The number of halogens is 1. The van der Waals surface area contributed by atoms with Crippen LogP contribution in [0.2, 0.25) is 5.15 Å². The highest BCUT2D eigenvalue weighted by atomic mass is 35.5. The van der Waals surface area contributed by atoms with E-state index in [1.807, 2.05) is 24.3 Å². The summed E-state index contributed by atoms with van der Waals surface area (Å²) in [5, 5.41) is 4.79. The number of nitrogens with two attached hydrogens (primary N) is 1. The van der Waals surface area contributed by atoms with Gasteiger partial charge in [0.2, 0.25) is 0 Å². The van der Waals surface area contributed by atoms with E-state index in [-0.39, 0.29) is 0 Å². The lowest BCUT2D eigenvalue weighted by atomic mass is 10.2. The number of rotatable bonds is 4. The van der Waals surface area contributed by atoms with Gasteiger partial charge >= 0.3 is 0 Å². The summed E-state index contributed by atoms with van der Waals surface area (Å²) in [6.07, 6.45) is 1.69. The molecule has 0 spiro atoms. The number of benzene rings is 1. The Morgan fingerprint density at radius 1 is 1.35 bits per heavy atom. The van der Waals surface area contributed by atoms with Crippen LogP contribution >= 0.6 is 11.6 Å². The predicted molar refractivity (Wildman–Crippen MR) is 67.2 cm³/mol. The maximum atomic E-state index is 6.15. The largest absolute Gasteiger partial charge is 0.496 e. The van der Waals surface area contributed by atoms with Crippen LogP contribution in [0.25, 0.3) is 0 Å². The first kappa shape index (κ1) is 12.0. The van der Waals surface area contributed by atoms with Gasteiger partial charge in [0.25, 0.3) is 0 Å². The highest BCUT2D eigenvalue weighted by Crippen LogP contribution is 2.21. The molecule has 2 rings (SSSR count).